The second kappa shape index (κ2) is 9.81. The minimum absolute atomic E-state index is 0.0714. The van der Waals surface area contributed by atoms with E-state index in [0.717, 1.165) is 36.9 Å². The fourth-order valence-electron chi connectivity index (χ4n) is 4.82. The minimum atomic E-state index is -1.42. The van der Waals surface area contributed by atoms with Gasteiger partial charge in [-0.2, -0.15) is 0 Å². The van der Waals surface area contributed by atoms with Crippen molar-refractivity contribution in [2.75, 3.05) is 13.1 Å². The average Bonchev–Trinajstić information content (AvgIpc) is 3.29. The molecular formula is C25H24ClN5O5S. The summed E-state index contributed by atoms with van der Waals surface area (Å²) in [5, 5.41) is 16.3. The van der Waals surface area contributed by atoms with Crippen LogP contribution in [0, 0.1) is 0 Å². The third-order valence-corrected chi connectivity index (χ3v) is 8.01. The van der Waals surface area contributed by atoms with Gasteiger partial charge in [0.15, 0.2) is 11.6 Å². The van der Waals surface area contributed by atoms with E-state index < -0.39 is 6.16 Å². The van der Waals surface area contributed by atoms with E-state index in [1.165, 1.54) is 36.3 Å². The van der Waals surface area contributed by atoms with E-state index in [4.69, 9.17) is 26.0 Å². The molecule has 4 heterocycles. The monoisotopic (exact) mass is 541 g/mol. The number of likely N-dealkylation sites (tertiary alicyclic amines) is 1. The number of carboxylic acid groups (broad SMARTS) is 1. The van der Waals surface area contributed by atoms with Crippen molar-refractivity contribution in [1.29, 1.82) is 0 Å². The largest absolute Gasteiger partial charge is 0.511 e. The molecule has 0 unspecified atom stereocenters. The Balaban J connectivity index is 1.27. The van der Waals surface area contributed by atoms with E-state index in [1.807, 2.05) is 12.1 Å². The molecule has 1 aliphatic heterocycles. The molecule has 192 valence electrons. The Morgan fingerprint density at radius 3 is 2.68 bits per heavy atom. The topological polar surface area (TPSA) is 123 Å². The van der Waals surface area contributed by atoms with E-state index in [0.29, 0.717) is 26.8 Å². The van der Waals surface area contributed by atoms with Crippen LogP contribution in [0.4, 0.5) is 4.79 Å². The second-order valence-electron chi connectivity index (χ2n) is 9.34. The lowest BCUT2D eigenvalue weighted by Crippen LogP contribution is -2.45. The third kappa shape index (κ3) is 5.20. The van der Waals surface area contributed by atoms with E-state index >= 15 is 0 Å². The van der Waals surface area contributed by atoms with E-state index in [-0.39, 0.29) is 30.1 Å². The summed E-state index contributed by atoms with van der Waals surface area (Å²) in [6, 6.07) is 11.0. The summed E-state index contributed by atoms with van der Waals surface area (Å²) in [4.78, 5) is 32.4. The van der Waals surface area contributed by atoms with Crippen LogP contribution >= 0.6 is 22.9 Å². The Kier molecular flexibility index (Phi) is 6.35. The van der Waals surface area contributed by atoms with Crippen LogP contribution in [0.5, 0.6) is 5.75 Å². The van der Waals surface area contributed by atoms with Crippen LogP contribution in [0.15, 0.2) is 40.9 Å². The van der Waals surface area contributed by atoms with Crippen molar-refractivity contribution in [2.24, 2.45) is 0 Å². The van der Waals surface area contributed by atoms with Crippen molar-refractivity contribution in [3.8, 4) is 16.3 Å². The maximum atomic E-state index is 13.4. The molecule has 1 aliphatic carbocycles. The number of carbonyl (C=O) groups is 2. The maximum Gasteiger partial charge on any atom is 0.511 e. The van der Waals surface area contributed by atoms with E-state index in [9.17, 15) is 9.59 Å². The summed E-state index contributed by atoms with van der Waals surface area (Å²) < 4.78 is 12.8. The second-order valence-corrected chi connectivity index (χ2v) is 11.1. The van der Waals surface area contributed by atoms with Crippen molar-refractivity contribution < 1.29 is 24.0 Å². The standard InChI is InChI=1S/C25H24ClN5O5S/c26-22-6-5-21(37-22)19-12-17(36-29-19)13-31-20-4-3-16(35-25(33)34)11-18(20)28-23(31)24(32)27-14-7-9-30(10-8-14)15-1-2-15/h3-6,11-12,14-15H,1-2,7-10,13H2,(H,27,32)(H,33,34). The lowest BCUT2D eigenvalue weighted by Gasteiger charge is -2.32. The van der Waals surface area contributed by atoms with Crippen molar-refractivity contribution >= 4 is 46.0 Å². The first-order chi connectivity index (χ1) is 17.9. The lowest BCUT2D eigenvalue weighted by atomic mass is 10.0. The van der Waals surface area contributed by atoms with Crippen LogP contribution in [-0.2, 0) is 6.54 Å². The summed E-state index contributed by atoms with van der Waals surface area (Å²) in [6.07, 6.45) is 2.92. The van der Waals surface area contributed by atoms with Crippen LogP contribution in [0.25, 0.3) is 21.6 Å². The first-order valence-corrected chi connectivity index (χ1v) is 13.3. The fourth-order valence-corrected chi connectivity index (χ4v) is 5.81. The van der Waals surface area contributed by atoms with Gasteiger partial charge < -0.3 is 29.2 Å². The Morgan fingerprint density at radius 2 is 1.97 bits per heavy atom. The summed E-state index contributed by atoms with van der Waals surface area (Å²) in [5.74, 6) is 0.591. The number of aromatic nitrogens is 3. The molecule has 0 bridgehead atoms. The molecule has 2 aliphatic rings. The highest BCUT2D eigenvalue weighted by molar-refractivity contribution is 7.19. The Hall–Kier alpha value is -3.41. The number of imidazole rings is 1. The molecule has 2 N–H and O–H groups in total. The summed E-state index contributed by atoms with van der Waals surface area (Å²) in [7, 11) is 0. The van der Waals surface area contributed by atoms with Crippen molar-refractivity contribution in [1.82, 2.24) is 24.9 Å². The van der Waals surface area contributed by atoms with Gasteiger partial charge in [0.2, 0.25) is 0 Å². The highest BCUT2D eigenvalue weighted by Gasteiger charge is 2.32. The molecule has 4 aromatic rings. The molecule has 1 aromatic carbocycles. The molecule has 3 aromatic heterocycles. The molecule has 1 saturated heterocycles. The number of nitrogens with zero attached hydrogens (tertiary/aromatic N) is 4. The molecule has 1 amide bonds. The molecule has 0 atom stereocenters. The number of amides is 1. The van der Waals surface area contributed by atoms with Gasteiger partial charge in [-0.3, -0.25) is 4.79 Å². The zero-order chi connectivity index (χ0) is 25.5. The number of carbonyl (C=O) groups excluding carboxylic acids is 1. The molecular weight excluding hydrogens is 518 g/mol. The number of halogens is 1. The molecule has 0 spiro atoms. The van der Waals surface area contributed by atoms with Crippen molar-refractivity contribution in [3.63, 3.8) is 0 Å². The quantitative estimate of drug-likeness (QED) is 0.251. The Morgan fingerprint density at radius 1 is 1.16 bits per heavy atom. The number of nitrogens with one attached hydrogen (secondary N) is 1. The molecule has 37 heavy (non-hydrogen) atoms. The van der Waals surface area contributed by atoms with Crippen LogP contribution in [-0.4, -0.2) is 61.9 Å². The van der Waals surface area contributed by atoms with Crippen LogP contribution < -0.4 is 10.1 Å². The van der Waals surface area contributed by atoms with Crippen LogP contribution in [0.3, 0.4) is 0 Å². The van der Waals surface area contributed by atoms with Crippen LogP contribution in [0.1, 0.15) is 42.1 Å². The molecule has 10 nitrogen and oxygen atoms in total. The van der Waals surface area contributed by atoms with Gasteiger partial charge in [0, 0.05) is 37.3 Å². The third-order valence-electron chi connectivity index (χ3n) is 6.75. The SMILES string of the molecule is O=C(O)Oc1ccc2c(c1)nc(C(=O)NC1CCN(C3CC3)CC1)n2Cc1cc(-c2ccc(Cl)s2)no1. The summed E-state index contributed by atoms with van der Waals surface area (Å²) in [5.41, 5.74) is 1.74. The first-order valence-electron chi connectivity index (χ1n) is 12.1. The van der Waals surface area contributed by atoms with Gasteiger partial charge >= 0.3 is 6.16 Å². The smallest absolute Gasteiger partial charge is 0.449 e. The number of piperidine rings is 1. The highest BCUT2D eigenvalue weighted by Crippen LogP contribution is 2.32. The zero-order valence-corrected chi connectivity index (χ0v) is 21.3. The molecule has 1 saturated carbocycles. The predicted molar refractivity (Wildman–Crippen MR) is 137 cm³/mol. The maximum absolute atomic E-state index is 13.4. The van der Waals surface area contributed by atoms with Gasteiger partial charge in [-0.05, 0) is 49.9 Å². The highest BCUT2D eigenvalue weighted by atomic mass is 35.5. The minimum Gasteiger partial charge on any atom is -0.449 e. The average molecular weight is 542 g/mol. The first kappa shape index (κ1) is 24.0. The van der Waals surface area contributed by atoms with Gasteiger partial charge in [0.25, 0.3) is 5.91 Å². The number of thiophene rings is 1. The molecule has 0 radical (unpaired) electrons. The van der Waals surface area contributed by atoms with Gasteiger partial charge in [-0.25, -0.2) is 9.78 Å². The van der Waals surface area contributed by atoms with Gasteiger partial charge in [0.1, 0.15) is 11.4 Å². The predicted octanol–water partition coefficient (Wildman–Crippen LogP) is 4.87. The van der Waals surface area contributed by atoms with Crippen molar-refractivity contribution in [3.05, 3.63) is 52.3 Å². The number of fused-ring (bicyclic) bond motifs is 1. The number of hydrogen-bond donors (Lipinski definition) is 2. The van der Waals surface area contributed by atoms with Crippen molar-refractivity contribution in [2.45, 2.75) is 44.3 Å². The summed E-state index contributed by atoms with van der Waals surface area (Å²) in [6.45, 7) is 2.18. The summed E-state index contributed by atoms with van der Waals surface area (Å²) >= 11 is 7.46. The van der Waals surface area contributed by atoms with E-state index in [2.05, 4.69) is 20.4 Å². The molecule has 2 fully saturated rings. The number of benzene rings is 1. The fraction of sp³-hybridized carbons (Fsp3) is 0.360. The zero-order valence-electron chi connectivity index (χ0n) is 19.7. The number of hydrogen-bond acceptors (Lipinski definition) is 8. The molecule has 12 heteroatoms. The number of ether oxygens (including phenoxy) is 1. The number of rotatable bonds is 7. The van der Waals surface area contributed by atoms with Gasteiger partial charge in [-0.15, -0.1) is 11.3 Å². The van der Waals surface area contributed by atoms with Gasteiger partial charge in [-0.1, -0.05) is 16.8 Å². The van der Waals surface area contributed by atoms with E-state index in [1.54, 1.807) is 16.7 Å². The molecule has 6 rings (SSSR count). The Labute approximate surface area is 220 Å². The Bertz CT molecular complexity index is 1470. The lowest BCUT2D eigenvalue weighted by molar-refractivity contribution is 0.0894. The van der Waals surface area contributed by atoms with Gasteiger partial charge in [0.05, 0.1) is 26.8 Å². The van der Waals surface area contributed by atoms with Crippen LogP contribution in [0.2, 0.25) is 4.34 Å². The normalized spacial score (nSPS) is 16.8.